The van der Waals surface area contributed by atoms with Gasteiger partial charge in [0.05, 0.1) is 13.2 Å². The third-order valence-electron chi connectivity index (χ3n) is 2.15. The normalized spacial score (nSPS) is 10.4. The molecule has 0 radical (unpaired) electrons. The van der Waals surface area contributed by atoms with Crippen LogP contribution in [-0.2, 0) is 14.3 Å². The molecule has 0 unspecified atom stereocenters. The van der Waals surface area contributed by atoms with Gasteiger partial charge >= 0.3 is 0 Å². The predicted molar refractivity (Wildman–Crippen MR) is 64.9 cm³/mol. The largest absolute Gasteiger partial charge is 0.382 e. The Balaban J connectivity index is 3.77. The number of nitrogens with zero attached hydrogens (tertiary/aromatic N) is 1. The lowest BCUT2D eigenvalue weighted by atomic mass is 10.3. The van der Waals surface area contributed by atoms with E-state index in [0.717, 1.165) is 19.4 Å². The van der Waals surface area contributed by atoms with E-state index >= 15 is 0 Å². The van der Waals surface area contributed by atoms with E-state index in [1.165, 1.54) is 0 Å². The molecular weight excluding hydrogens is 230 g/mol. The van der Waals surface area contributed by atoms with Crippen LogP contribution in [0.25, 0.3) is 0 Å². The summed E-state index contributed by atoms with van der Waals surface area (Å²) in [6, 6.07) is 0. The van der Waals surface area contributed by atoms with Crippen LogP contribution >= 0.6 is 11.6 Å². The zero-order valence-electron chi connectivity index (χ0n) is 10.2. The molecule has 0 aliphatic carbocycles. The SMILES string of the molecule is CCCCN(CCCl)C(=O)COCCOC. The van der Waals surface area contributed by atoms with Gasteiger partial charge < -0.3 is 14.4 Å². The lowest BCUT2D eigenvalue weighted by molar-refractivity contribution is -0.136. The Kier molecular flexibility index (Phi) is 11.0. The van der Waals surface area contributed by atoms with Gasteiger partial charge in [-0.3, -0.25) is 4.79 Å². The summed E-state index contributed by atoms with van der Waals surface area (Å²) < 4.78 is 10.0. The number of rotatable bonds is 10. The first-order chi connectivity index (χ1) is 7.76. The van der Waals surface area contributed by atoms with Crippen molar-refractivity contribution in [2.75, 3.05) is 45.9 Å². The van der Waals surface area contributed by atoms with Gasteiger partial charge in [-0.15, -0.1) is 11.6 Å². The predicted octanol–water partition coefficient (Wildman–Crippen LogP) is 1.52. The van der Waals surface area contributed by atoms with Gasteiger partial charge in [0.15, 0.2) is 0 Å². The summed E-state index contributed by atoms with van der Waals surface area (Å²) in [6.45, 7) is 4.52. The standard InChI is InChI=1S/C11H22ClNO3/c1-3-4-6-13(7-5-12)11(14)10-16-9-8-15-2/h3-10H2,1-2H3. The van der Waals surface area contributed by atoms with Gasteiger partial charge in [-0.05, 0) is 6.42 Å². The van der Waals surface area contributed by atoms with Crippen LogP contribution in [0.1, 0.15) is 19.8 Å². The second-order valence-corrected chi connectivity index (χ2v) is 3.85. The molecule has 0 aliphatic rings. The summed E-state index contributed by atoms with van der Waals surface area (Å²) in [5, 5.41) is 0. The van der Waals surface area contributed by atoms with Gasteiger partial charge in [-0.2, -0.15) is 0 Å². The lowest BCUT2D eigenvalue weighted by Crippen LogP contribution is -2.36. The number of amides is 1. The van der Waals surface area contributed by atoms with Crippen LogP contribution in [0.3, 0.4) is 0 Å². The Labute approximate surface area is 103 Å². The van der Waals surface area contributed by atoms with Gasteiger partial charge in [0, 0.05) is 26.1 Å². The van der Waals surface area contributed by atoms with Crippen LogP contribution in [-0.4, -0.2) is 56.7 Å². The number of unbranched alkanes of at least 4 members (excludes halogenated alkanes) is 1. The van der Waals surface area contributed by atoms with Gasteiger partial charge in [0.2, 0.25) is 5.91 Å². The highest BCUT2D eigenvalue weighted by atomic mass is 35.5. The molecule has 0 saturated carbocycles. The summed E-state index contributed by atoms with van der Waals surface area (Å²) in [5.41, 5.74) is 0. The summed E-state index contributed by atoms with van der Waals surface area (Å²) in [5.74, 6) is 0.471. The minimum absolute atomic E-state index is 0.00482. The van der Waals surface area contributed by atoms with Crippen molar-refractivity contribution in [1.29, 1.82) is 0 Å². The Morgan fingerprint density at radius 1 is 1.31 bits per heavy atom. The Morgan fingerprint density at radius 2 is 2.06 bits per heavy atom. The number of carbonyl (C=O) groups is 1. The molecule has 0 rings (SSSR count). The molecule has 5 heteroatoms. The summed E-state index contributed by atoms with van der Waals surface area (Å²) in [4.78, 5) is 13.5. The molecule has 0 aromatic rings. The highest BCUT2D eigenvalue weighted by Crippen LogP contribution is 1.97. The van der Waals surface area contributed by atoms with E-state index in [-0.39, 0.29) is 12.5 Å². The van der Waals surface area contributed by atoms with Crippen molar-refractivity contribution in [2.24, 2.45) is 0 Å². The maximum absolute atomic E-state index is 11.7. The quantitative estimate of drug-likeness (QED) is 0.437. The van der Waals surface area contributed by atoms with Crippen molar-refractivity contribution >= 4 is 17.5 Å². The number of methoxy groups -OCH3 is 1. The molecule has 0 aromatic heterocycles. The fraction of sp³-hybridized carbons (Fsp3) is 0.909. The van der Waals surface area contributed by atoms with E-state index in [9.17, 15) is 4.79 Å². The van der Waals surface area contributed by atoms with Crippen molar-refractivity contribution in [3.8, 4) is 0 Å². The number of halogens is 1. The summed E-state index contributed by atoms with van der Waals surface area (Å²) in [7, 11) is 1.60. The number of ether oxygens (including phenoxy) is 2. The first kappa shape index (κ1) is 15.7. The third kappa shape index (κ3) is 7.91. The van der Waals surface area contributed by atoms with Crippen LogP contribution in [0.2, 0.25) is 0 Å². The van der Waals surface area contributed by atoms with E-state index in [1.807, 2.05) is 0 Å². The van der Waals surface area contributed by atoms with Gasteiger partial charge in [0.1, 0.15) is 6.61 Å². The molecule has 1 amide bonds. The lowest BCUT2D eigenvalue weighted by Gasteiger charge is -2.21. The van der Waals surface area contributed by atoms with Crippen molar-refractivity contribution in [2.45, 2.75) is 19.8 Å². The fourth-order valence-electron chi connectivity index (χ4n) is 1.21. The van der Waals surface area contributed by atoms with E-state index in [4.69, 9.17) is 21.1 Å². The van der Waals surface area contributed by atoms with E-state index < -0.39 is 0 Å². The average Bonchev–Trinajstić information content (AvgIpc) is 2.29. The number of hydrogen-bond acceptors (Lipinski definition) is 3. The molecule has 0 aliphatic heterocycles. The summed E-state index contributed by atoms with van der Waals surface area (Å²) >= 11 is 5.65. The minimum atomic E-state index is 0.00482. The molecule has 0 bridgehead atoms. The average molecular weight is 252 g/mol. The second-order valence-electron chi connectivity index (χ2n) is 3.47. The van der Waals surface area contributed by atoms with Crippen molar-refractivity contribution < 1.29 is 14.3 Å². The topological polar surface area (TPSA) is 38.8 Å². The molecule has 0 saturated heterocycles. The molecular formula is C11H22ClNO3. The molecule has 0 N–H and O–H groups in total. The number of alkyl halides is 1. The van der Waals surface area contributed by atoms with E-state index in [2.05, 4.69) is 6.92 Å². The van der Waals surface area contributed by atoms with E-state index in [0.29, 0.717) is 25.6 Å². The summed E-state index contributed by atoms with van der Waals surface area (Å²) in [6.07, 6.45) is 2.07. The van der Waals surface area contributed by atoms with Crippen LogP contribution < -0.4 is 0 Å². The van der Waals surface area contributed by atoms with Gasteiger partial charge in [-0.25, -0.2) is 0 Å². The second kappa shape index (κ2) is 11.2. The zero-order valence-corrected chi connectivity index (χ0v) is 11.0. The zero-order chi connectivity index (χ0) is 12.2. The van der Waals surface area contributed by atoms with Gasteiger partial charge in [-0.1, -0.05) is 13.3 Å². The van der Waals surface area contributed by atoms with E-state index in [1.54, 1.807) is 12.0 Å². The van der Waals surface area contributed by atoms with Gasteiger partial charge in [0.25, 0.3) is 0 Å². The first-order valence-corrected chi connectivity index (χ1v) is 6.20. The molecule has 0 atom stereocenters. The number of hydrogen-bond donors (Lipinski definition) is 0. The van der Waals surface area contributed by atoms with Crippen molar-refractivity contribution in [1.82, 2.24) is 4.90 Å². The molecule has 0 aromatic carbocycles. The van der Waals surface area contributed by atoms with Crippen molar-refractivity contribution in [3.05, 3.63) is 0 Å². The smallest absolute Gasteiger partial charge is 0.248 e. The Morgan fingerprint density at radius 3 is 2.62 bits per heavy atom. The highest BCUT2D eigenvalue weighted by molar-refractivity contribution is 6.18. The van der Waals surface area contributed by atoms with Crippen LogP contribution in [0.5, 0.6) is 0 Å². The molecule has 0 spiro atoms. The molecule has 16 heavy (non-hydrogen) atoms. The third-order valence-corrected chi connectivity index (χ3v) is 2.32. The number of carbonyl (C=O) groups excluding carboxylic acids is 1. The fourth-order valence-corrected chi connectivity index (χ4v) is 1.41. The monoisotopic (exact) mass is 251 g/mol. The Hall–Kier alpha value is -0.320. The highest BCUT2D eigenvalue weighted by Gasteiger charge is 2.11. The molecule has 0 heterocycles. The maximum atomic E-state index is 11.7. The van der Waals surface area contributed by atoms with Crippen molar-refractivity contribution in [3.63, 3.8) is 0 Å². The first-order valence-electron chi connectivity index (χ1n) is 5.66. The Bertz CT molecular complexity index is 179. The van der Waals surface area contributed by atoms with Crippen LogP contribution in [0.15, 0.2) is 0 Å². The van der Waals surface area contributed by atoms with Crippen LogP contribution in [0.4, 0.5) is 0 Å². The molecule has 0 fully saturated rings. The molecule has 4 nitrogen and oxygen atoms in total. The van der Waals surface area contributed by atoms with Crippen LogP contribution in [0, 0.1) is 0 Å². The molecule has 96 valence electrons. The maximum Gasteiger partial charge on any atom is 0.248 e. The minimum Gasteiger partial charge on any atom is -0.382 e.